The van der Waals surface area contributed by atoms with Gasteiger partial charge in [-0.25, -0.2) is 9.59 Å². The average molecular weight is 257 g/mol. The molecule has 0 spiro atoms. The Hall–Kier alpha value is -1.47. The standard InChI is InChI=1S/C9H14F3NO4/c1-4-13(8(2,3)6(14)15)7(16)17-5-9(10,11)12/h4-5H2,1-3H3,(H,14,15). The molecule has 17 heavy (non-hydrogen) atoms. The number of aliphatic carboxylic acids is 1. The number of halogens is 3. The van der Waals surface area contributed by atoms with E-state index in [0.717, 1.165) is 0 Å². The van der Waals surface area contributed by atoms with Gasteiger partial charge in [0.15, 0.2) is 6.61 Å². The third kappa shape index (κ3) is 4.49. The van der Waals surface area contributed by atoms with Crippen LogP contribution in [-0.2, 0) is 9.53 Å². The Bertz CT molecular complexity index is 301. The van der Waals surface area contributed by atoms with Gasteiger partial charge in [0.1, 0.15) is 5.54 Å². The minimum atomic E-state index is -4.64. The largest absolute Gasteiger partial charge is 0.480 e. The smallest absolute Gasteiger partial charge is 0.422 e. The number of carboxylic acid groups (broad SMARTS) is 1. The second-order valence-electron chi connectivity index (χ2n) is 3.78. The van der Waals surface area contributed by atoms with E-state index >= 15 is 0 Å². The summed E-state index contributed by atoms with van der Waals surface area (Å²) in [4.78, 5) is 22.9. The Kier molecular flexibility index (Phi) is 4.79. The van der Waals surface area contributed by atoms with E-state index in [0.29, 0.717) is 4.90 Å². The van der Waals surface area contributed by atoms with Crippen LogP contribution in [0.3, 0.4) is 0 Å². The Morgan fingerprint density at radius 1 is 1.29 bits per heavy atom. The van der Waals surface area contributed by atoms with Gasteiger partial charge in [-0.3, -0.25) is 4.90 Å². The number of likely N-dealkylation sites (N-methyl/N-ethyl adjacent to an activating group) is 1. The summed E-state index contributed by atoms with van der Waals surface area (Å²) in [5.41, 5.74) is -1.63. The minimum Gasteiger partial charge on any atom is -0.480 e. The molecule has 0 aromatic carbocycles. The van der Waals surface area contributed by atoms with E-state index in [1.165, 1.54) is 20.8 Å². The van der Waals surface area contributed by atoms with Gasteiger partial charge in [0.2, 0.25) is 0 Å². The topological polar surface area (TPSA) is 66.8 Å². The summed E-state index contributed by atoms with van der Waals surface area (Å²) in [6.45, 7) is 2.04. The molecule has 5 nitrogen and oxygen atoms in total. The van der Waals surface area contributed by atoms with Crippen LogP contribution in [0.25, 0.3) is 0 Å². The van der Waals surface area contributed by atoms with E-state index < -0.39 is 30.4 Å². The fraction of sp³-hybridized carbons (Fsp3) is 0.778. The van der Waals surface area contributed by atoms with Crippen molar-refractivity contribution in [1.82, 2.24) is 4.90 Å². The Balaban J connectivity index is 4.68. The van der Waals surface area contributed by atoms with Gasteiger partial charge >= 0.3 is 18.2 Å². The first-order valence-electron chi connectivity index (χ1n) is 4.77. The third-order valence-electron chi connectivity index (χ3n) is 2.09. The molecule has 0 aliphatic carbocycles. The van der Waals surface area contributed by atoms with Crippen molar-refractivity contribution in [2.24, 2.45) is 0 Å². The Morgan fingerprint density at radius 2 is 1.76 bits per heavy atom. The second-order valence-corrected chi connectivity index (χ2v) is 3.78. The molecule has 0 aromatic rings. The zero-order chi connectivity index (χ0) is 13.9. The monoisotopic (exact) mass is 257 g/mol. The van der Waals surface area contributed by atoms with Crippen LogP contribution in [0.5, 0.6) is 0 Å². The molecule has 0 saturated carbocycles. The van der Waals surface area contributed by atoms with Gasteiger partial charge in [-0.2, -0.15) is 13.2 Å². The van der Waals surface area contributed by atoms with Crippen LogP contribution in [0.1, 0.15) is 20.8 Å². The van der Waals surface area contributed by atoms with Crippen molar-refractivity contribution >= 4 is 12.1 Å². The quantitative estimate of drug-likeness (QED) is 0.834. The van der Waals surface area contributed by atoms with E-state index in [1.807, 2.05) is 0 Å². The van der Waals surface area contributed by atoms with Crippen LogP contribution in [0.2, 0.25) is 0 Å². The van der Waals surface area contributed by atoms with Gasteiger partial charge in [0.25, 0.3) is 0 Å². The molecule has 0 radical (unpaired) electrons. The lowest BCUT2D eigenvalue weighted by atomic mass is 10.0. The molecule has 0 saturated heterocycles. The minimum absolute atomic E-state index is 0.0734. The van der Waals surface area contributed by atoms with Gasteiger partial charge in [-0.05, 0) is 20.8 Å². The fourth-order valence-corrected chi connectivity index (χ4v) is 1.09. The highest BCUT2D eigenvalue weighted by atomic mass is 19.4. The maximum absolute atomic E-state index is 11.8. The molecule has 1 amide bonds. The fourth-order valence-electron chi connectivity index (χ4n) is 1.09. The van der Waals surface area contributed by atoms with Crippen LogP contribution in [0, 0.1) is 0 Å². The van der Waals surface area contributed by atoms with Gasteiger partial charge in [0.05, 0.1) is 0 Å². The summed E-state index contributed by atoms with van der Waals surface area (Å²) in [6, 6.07) is 0. The zero-order valence-corrected chi connectivity index (χ0v) is 9.67. The van der Waals surface area contributed by atoms with Crippen LogP contribution in [0.15, 0.2) is 0 Å². The van der Waals surface area contributed by atoms with E-state index in [1.54, 1.807) is 0 Å². The predicted octanol–water partition coefficient (Wildman–Crippen LogP) is 1.87. The SMILES string of the molecule is CCN(C(=O)OCC(F)(F)F)C(C)(C)C(=O)O. The number of nitrogens with zero attached hydrogens (tertiary/aromatic N) is 1. The number of carboxylic acids is 1. The van der Waals surface area contributed by atoms with Crippen molar-refractivity contribution in [3.63, 3.8) is 0 Å². The molecule has 0 aliphatic rings. The summed E-state index contributed by atoms with van der Waals surface area (Å²) in [7, 11) is 0. The van der Waals surface area contributed by atoms with Crippen molar-refractivity contribution < 1.29 is 32.6 Å². The molecular weight excluding hydrogens is 243 g/mol. The van der Waals surface area contributed by atoms with Gasteiger partial charge < -0.3 is 9.84 Å². The number of ether oxygens (including phenoxy) is 1. The average Bonchev–Trinajstić information content (AvgIpc) is 2.14. The molecule has 0 rings (SSSR count). The molecular formula is C9H14F3NO4. The molecule has 0 aliphatic heterocycles. The highest BCUT2D eigenvalue weighted by molar-refractivity contribution is 5.83. The van der Waals surface area contributed by atoms with Crippen molar-refractivity contribution in [1.29, 1.82) is 0 Å². The lowest BCUT2D eigenvalue weighted by Gasteiger charge is -2.33. The molecule has 100 valence electrons. The number of rotatable bonds is 4. The first kappa shape index (κ1) is 15.5. The molecule has 0 aromatic heterocycles. The lowest BCUT2D eigenvalue weighted by Crippen LogP contribution is -2.53. The van der Waals surface area contributed by atoms with Crippen LogP contribution in [0.4, 0.5) is 18.0 Å². The summed E-state index contributed by atoms with van der Waals surface area (Å²) >= 11 is 0. The summed E-state index contributed by atoms with van der Waals surface area (Å²) in [5.74, 6) is -1.33. The number of amides is 1. The number of hydrogen-bond donors (Lipinski definition) is 1. The van der Waals surface area contributed by atoms with E-state index in [2.05, 4.69) is 4.74 Å². The molecule has 0 bridgehead atoms. The van der Waals surface area contributed by atoms with Gasteiger partial charge in [-0.15, -0.1) is 0 Å². The van der Waals surface area contributed by atoms with Crippen molar-refractivity contribution in [3.05, 3.63) is 0 Å². The van der Waals surface area contributed by atoms with Crippen molar-refractivity contribution in [2.75, 3.05) is 13.2 Å². The number of alkyl halides is 3. The highest BCUT2D eigenvalue weighted by Crippen LogP contribution is 2.19. The summed E-state index contributed by atoms with van der Waals surface area (Å²) < 4.78 is 39.5. The zero-order valence-electron chi connectivity index (χ0n) is 9.67. The second kappa shape index (κ2) is 5.24. The molecule has 0 unspecified atom stereocenters. The van der Waals surface area contributed by atoms with Crippen molar-refractivity contribution in [2.45, 2.75) is 32.5 Å². The molecule has 0 atom stereocenters. The first-order valence-corrected chi connectivity index (χ1v) is 4.77. The molecule has 0 fully saturated rings. The predicted molar refractivity (Wildman–Crippen MR) is 51.5 cm³/mol. The molecule has 1 N–H and O–H groups in total. The lowest BCUT2D eigenvalue weighted by molar-refractivity contribution is -0.165. The third-order valence-corrected chi connectivity index (χ3v) is 2.09. The molecule has 0 heterocycles. The summed E-state index contributed by atoms with van der Waals surface area (Å²) in [5, 5.41) is 8.85. The first-order chi connectivity index (χ1) is 7.52. The summed E-state index contributed by atoms with van der Waals surface area (Å²) in [6.07, 6.45) is -5.94. The Morgan fingerprint density at radius 3 is 2.06 bits per heavy atom. The van der Waals surface area contributed by atoms with Crippen LogP contribution >= 0.6 is 0 Å². The number of carbonyl (C=O) groups is 2. The van der Waals surface area contributed by atoms with E-state index in [4.69, 9.17) is 5.11 Å². The highest BCUT2D eigenvalue weighted by Gasteiger charge is 2.39. The van der Waals surface area contributed by atoms with Gasteiger partial charge in [0, 0.05) is 6.54 Å². The van der Waals surface area contributed by atoms with Crippen molar-refractivity contribution in [3.8, 4) is 0 Å². The van der Waals surface area contributed by atoms with Crippen LogP contribution in [-0.4, -0.2) is 46.9 Å². The maximum Gasteiger partial charge on any atom is 0.422 e. The van der Waals surface area contributed by atoms with Crippen LogP contribution < -0.4 is 0 Å². The van der Waals surface area contributed by atoms with E-state index in [9.17, 15) is 22.8 Å². The number of carbonyl (C=O) groups excluding carboxylic acids is 1. The normalized spacial score (nSPS) is 12.1. The Labute approximate surface area is 96.1 Å². The van der Waals surface area contributed by atoms with Gasteiger partial charge in [-0.1, -0.05) is 0 Å². The maximum atomic E-state index is 11.8. The molecule has 8 heteroatoms. The van der Waals surface area contributed by atoms with E-state index in [-0.39, 0.29) is 6.54 Å². The number of hydrogen-bond acceptors (Lipinski definition) is 3.